The Morgan fingerprint density at radius 3 is 2.35 bits per heavy atom. The highest BCUT2D eigenvalue weighted by molar-refractivity contribution is 6.03. The second-order valence-electron chi connectivity index (χ2n) is 10.1. The molecule has 3 N–H and O–H groups in total. The quantitative estimate of drug-likeness (QED) is 0.424. The molecular formula is C27H32F4N4O5. The Balaban J connectivity index is 1.67. The number of hydrogen-bond donors (Lipinski definition) is 3. The monoisotopic (exact) mass is 568 g/mol. The fraction of sp³-hybridized carbons (Fsp3) is 0.519. The summed E-state index contributed by atoms with van der Waals surface area (Å²) in [5.74, 6) is -4.81. The third-order valence-electron chi connectivity index (χ3n) is 7.76. The molecule has 2 heterocycles. The molecule has 9 nitrogen and oxygen atoms in total. The summed E-state index contributed by atoms with van der Waals surface area (Å²) in [6.07, 6.45) is 0.100. The van der Waals surface area contributed by atoms with Crippen molar-refractivity contribution in [1.82, 2.24) is 15.2 Å². The lowest BCUT2D eigenvalue weighted by molar-refractivity contribution is -0.118. The molecule has 0 radical (unpaired) electrons. The maximum Gasteiger partial charge on any atom is 0.315 e. The molecule has 1 saturated heterocycles. The van der Waals surface area contributed by atoms with Gasteiger partial charge in [0.05, 0.1) is 13.7 Å². The van der Waals surface area contributed by atoms with Crippen LogP contribution in [0.25, 0.3) is 0 Å². The standard InChI is InChI=1S/C27H32F4N4O5/c1-14-21(22-18(28)12-17(40-2)13-19(22)29)23(33-27(39)32-16-7-5-15(6-8-16)24(30)31)26(38)35(14)20-4-3-9-34(10-11-36)25(20)37/h3-4,9,12-16,21,23-24,36H,5-8,10-11H2,1-2H3,(H2,32,33,39)/t14-,15-,16-,21-,23?/m0/s1. The first-order valence-corrected chi connectivity index (χ1v) is 13.1. The van der Waals surface area contributed by atoms with Gasteiger partial charge in [-0.05, 0) is 44.7 Å². The topological polar surface area (TPSA) is 113 Å². The third-order valence-corrected chi connectivity index (χ3v) is 7.76. The van der Waals surface area contributed by atoms with E-state index in [1.54, 1.807) is 0 Å². The molecule has 1 saturated carbocycles. The van der Waals surface area contributed by atoms with Crippen LogP contribution < -0.4 is 25.8 Å². The van der Waals surface area contributed by atoms with E-state index in [-0.39, 0.29) is 37.4 Å². The third kappa shape index (κ3) is 5.79. The van der Waals surface area contributed by atoms with Gasteiger partial charge in [-0.15, -0.1) is 0 Å². The first-order valence-electron chi connectivity index (χ1n) is 13.1. The van der Waals surface area contributed by atoms with Gasteiger partial charge in [0.1, 0.15) is 29.1 Å². The number of alkyl halides is 2. The number of aliphatic hydroxyl groups excluding tert-OH is 1. The van der Waals surface area contributed by atoms with Crippen molar-refractivity contribution in [3.63, 3.8) is 0 Å². The molecule has 1 aromatic carbocycles. The lowest BCUT2D eigenvalue weighted by Gasteiger charge is -2.29. The molecule has 13 heteroatoms. The van der Waals surface area contributed by atoms with Crippen LogP contribution in [0.4, 0.5) is 28.0 Å². The number of urea groups is 1. The predicted molar refractivity (Wildman–Crippen MR) is 138 cm³/mol. The average molecular weight is 569 g/mol. The summed E-state index contributed by atoms with van der Waals surface area (Å²) in [6, 6.07) is 1.17. The minimum Gasteiger partial charge on any atom is -0.497 e. The van der Waals surface area contributed by atoms with Gasteiger partial charge in [-0.3, -0.25) is 9.59 Å². The van der Waals surface area contributed by atoms with Gasteiger partial charge in [0.2, 0.25) is 6.43 Å². The number of aromatic nitrogens is 1. The van der Waals surface area contributed by atoms with E-state index in [0.717, 1.165) is 17.0 Å². The summed E-state index contributed by atoms with van der Waals surface area (Å²) in [5, 5.41) is 14.5. The second kappa shape index (κ2) is 12.3. The first-order chi connectivity index (χ1) is 19.1. The van der Waals surface area contributed by atoms with Crippen LogP contribution in [0.2, 0.25) is 0 Å². The molecule has 4 rings (SSSR count). The molecule has 40 heavy (non-hydrogen) atoms. The van der Waals surface area contributed by atoms with Crippen molar-refractivity contribution in [2.24, 2.45) is 5.92 Å². The van der Waals surface area contributed by atoms with Crippen molar-refractivity contribution in [2.45, 2.75) is 69.6 Å². The number of benzene rings is 1. The molecule has 3 amide bonds. The zero-order chi connectivity index (χ0) is 29.1. The molecule has 2 aliphatic rings. The highest BCUT2D eigenvalue weighted by atomic mass is 19.3. The molecule has 1 aliphatic carbocycles. The van der Waals surface area contributed by atoms with Crippen molar-refractivity contribution < 1.29 is 37.0 Å². The van der Waals surface area contributed by atoms with E-state index < -0.39 is 71.1 Å². The van der Waals surface area contributed by atoms with Gasteiger partial charge in [-0.25, -0.2) is 22.4 Å². The molecule has 1 aliphatic heterocycles. The predicted octanol–water partition coefficient (Wildman–Crippen LogP) is 3.14. The number of methoxy groups -OCH3 is 1. The zero-order valence-corrected chi connectivity index (χ0v) is 22.1. The number of nitrogens with zero attached hydrogens (tertiary/aromatic N) is 2. The van der Waals surface area contributed by atoms with E-state index in [1.807, 2.05) is 0 Å². The van der Waals surface area contributed by atoms with Crippen LogP contribution >= 0.6 is 0 Å². The van der Waals surface area contributed by atoms with Crippen molar-refractivity contribution in [2.75, 3.05) is 18.6 Å². The lowest BCUT2D eigenvalue weighted by atomic mass is 9.86. The number of aliphatic hydroxyl groups is 1. The highest BCUT2D eigenvalue weighted by Gasteiger charge is 2.50. The smallest absolute Gasteiger partial charge is 0.315 e. The normalized spacial score (nSPS) is 24.9. The maximum atomic E-state index is 15.3. The first kappa shape index (κ1) is 29.4. The molecule has 0 spiro atoms. The number of carbonyl (C=O) groups excluding carboxylic acids is 2. The fourth-order valence-corrected chi connectivity index (χ4v) is 5.71. The second-order valence-corrected chi connectivity index (χ2v) is 10.1. The van der Waals surface area contributed by atoms with Gasteiger partial charge >= 0.3 is 6.03 Å². The molecule has 0 bridgehead atoms. The molecule has 1 unspecified atom stereocenters. The number of amides is 3. The zero-order valence-electron chi connectivity index (χ0n) is 22.1. The van der Waals surface area contributed by atoms with Crippen LogP contribution in [-0.4, -0.2) is 59.9 Å². The number of pyridine rings is 1. The number of carbonyl (C=O) groups is 2. The Kier molecular flexibility index (Phi) is 9.02. The summed E-state index contributed by atoms with van der Waals surface area (Å²) >= 11 is 0. The number of halogens is 4. The average Bonchev–Trinajstić information content (AvgIpc) is 3.14. The van der Waals surface area contributed by atoms with E-state index in [0.29, 0.717) is 12.8 Å². The number of nitrogens with one attached hydrogen (secondary N) is 2. The van der Waals surface area contributed by atoms with Crippen LogP contribution in [0.3, 0.4) is 0 Å². The van der Waals surface area contributed by atoms with Gasteiger partial charge in [0.25, 0.3) is 11.5 Å². The van der Waals surface area contributed by atoms with Crippen LogP contribution in [0, 0.1) is 17.6 Å². The van der Waals surface area contributed by atoms with Crippen molar-refractivity contribution in [3.05, 3.63) is 58.0 Å². The number of rotatable bonds is 8. The summed E-state index contributed by atoms with van der Waals surface area (Å²) in [4.78, 5) is 40.9. The summed E-state index contributed by atoms with van der Waals surface area (Å²) < 4.78 is 62.7. The number of hydrogen-bond acceptors (Lipinski definition) is 5. The van der Waals surface area contributed by atoms with Crippen molar-refractivity contribution in [1.29, 1.82) is 0 Å². The van der Waals surface area contributed by atoms with Crippen LogP contribution in [-0.2, 0) is 11.3 Å². The minimum atomic E-state index is -2.44. The molecular weight excluding hydrogens is 536 g/mol. The Labute approximate surface area is 228 Å². The number of anilines is 1. The van der Waals surface area contributed by atoms with E-state index >= 15 is 8.78 Å². The molecule has 2 fully saturated rings. The summed E-state index contributed by atoms with van der Waals surface area (Å²) in [6.45, 7) is 1.15. The summed E-state index contributed by atoms with van der Waals surface area (Å²) in [7, 11) is 1.24. The largest absolute Gasteiger partial charge is 0.497 e. The van der Waals surface area contributed by atoms with Gasteiger partial charge < -0.3 is 29.9 Å². The van der Waals surface area contributed by atoms with Crippen LogP contribution in [0.15, 0.2) is 35.3 Å². The lowest BCUT2D eigenvalue weighted by Crippen LogP contribution is -2.51. The summed E-state index contributed by atoms with van der Waals surface area (Å²) in [5.41, 5.74) is -1.15. The van der Waals surface area contributed by atoms with Gasteiger partial charge in [-0.2, -0.15) is 0 Å². The van der Waals surface area contributed by atoms with Crippen molar-refractivity contribution in [3.8, 4) is 5.75 Å². The van der Waals surface area contributed by atoms with Gasteiger partial charge in [-0.1, -0.05) is 0 Å². The number of ether oxygens (including phenoxy) is 1. The minimum absolute atomic E-state index is 0.0356. The molecule has 3 atom stereocenters. The fourth-order valence-electron chi connectivity index (χ4n) is 5.71. The molecule has 1 aromatic heterocycles. The Hall–Kier alpha value is -3.61. The van der Waals surface area contributed by atoms with Crippen molar-refractivity contribution >= 4 is 17.6 Å². The Bertz CT molecular complexity index is 1270. The molecule has 218 valence electrons. The SMILES string of the molecule is COc1cc(F)c([C@H]2C(NC(=O)N[C@H]3CC[C@H](C(F)F)CC3)C(=O)N(c3cccn(CCO)c3=O)[C@H]2C)c(F)c1. The van der Waals surface area contributed by atoms with E-state index in [1.165, 1.54) is 36.9 Å². The van der Waals surface area contributed by atoms with E-state index in [9.17, 15) is 28.3 Å². The Morgan fingerprint density at radius 1 is 1.12 bits per heavy atom. The van der Waals surface area contributed by atoms with Crippen LogP contribution in [0.1, 0.15) is 44.1 Å². The van der Waals surface area contributed by atoms with E-state index in [4.69, 9.17) is 4.74 Å². The maximum absolute atomic E-state index is 15.3. The highest BCUT2D eigenvalue weighted by Crippen LogP contribution is 2.40. The Morgan fingerprint density at radius 2 is 1.77 bits per heavy atom. The van der Waals surface area contributed by atoms with Gasteiger partial charge in [0.15, 0.2) is 0 Å². The van der Waals surface area contributed by atoms with Crippen LogP contribution in [0.5, 0.6) is 5.75 Å². The molecule has 2 aromatic rings. The van der Waals surface area contributed by atoms with Gasteiger partial charge in [0, 0.05) is 54.4 Å². The van der Waals surface area contributed by atoms with E-state index in [2.05, 4.69) is 10.6 Å².